The largest absolute Gasteiger partial charge is 0.334 e. The normalized spacial score (nSPS) is 40.8. The molecule has 1 unspecified atom stereocenters. The molecule has 2 bridgehead atoms. The molecule has 3 aliphatic heterocycles. The first-order valence-electron chi connectivity index (χ1n) is 5.35. The Kier molecular flexibility index (Phi) is 2.37. The molecular weight excluding hydrogens is 148 g/mol. The predicted molar refractivity (Wildman–Crippen MR) is 50.4 cm³/mol. The van der Waals surface area contributed by atoms with Crippen molar-refractivity contribution in [2.75, 3.05) is 33.2 Å². The van der Waals surface area contributed by atoms with E-state index in [9.17, 15) is 0 Å². The van der Waals surface area contributed by atoms with E-state index in [1.54, 1.807) is 0 Å². The second kappa shape index (κ2) is 3.35. The second-order valence-electron chi connectivity index (χ2n) is 4.43. The average Bonchev–Trinajstić information content (AvgIpc) is 2.18. The zero-order valence-corrected chi connectivity index (χ0v) is 8.34. The molecule has 0 aromatic rings. The highest BCUT2D eigenvalue weighted by molar-refractivity contribution is 4.82. The van der Waals surface area contributed by atoms with E-state index in [0.717, 1.165) is 12.0 Å². The van der Waals surface area contributed by atoms with Crippen LogP contribution in [0.2, 0.25) is 0 Å². The van der Waals surface area contributed by atoms with Crippen molar-refractivity contribution in [3.8, 4) is 0 Å². The molecule has 0 aliphatic carbocycles. The molecule has 0 aromatic heterocycles. The molecule has 2 heteroatoms. The van der Waals surface area contributed by atoms with Crippen LogP contribution in [0.4, 0.5) is 0 Å². The van der Waals surface area contributed by atoms with Gasteiger partial charge >= 0.3 is 0 Å². The van der Waals surface area contributed by atoms with Crippen LogP contribution < -0.4 is 4.90 Å². The molecule has 3 fully saturated rings. The summed E-state index contributed by atoms with van der Waals surface area (Å²) in [5, 5.41) is 0. The minimum atomic E-state index is 0.896. The first-order chi connectivity index (χ1) is 5.81. The number of rotatable bonds is 2. The van der Waals surface area contributed by atoms with E-state index in [0.29, 0.717) is 0 Å². The van der Waals surface area contributed by atoms with Gasteiger partial charge < -0.3 is 4.90 Å². The fourth-order valence-electron chi connectivity index (χ4n) is 2.85. The van der Waals surface area contributed by atoms with Crippen molar-refractivity contribution in [2.24, 2.45) is 5.92 Å². The maximum absolute atomic E-state index is 2.54. The lowest BCUT2D eigenvalue weighted by Crippen LogP contribution is -3.16. The SMILES string of the molecule is CCN(C)C1C[NH+]2CCC1CC2. The Balaban J connectivity index is 1.99. The van der Waals surface area contributed by atoms with E-state index in [1.807, 2.05) is 4.90 Å². The Morgan fingerprint density at radius 2 is 2.00 bits per heavy atom. The Bertz CT molecular complexity index is 150. The van der Waals surface area contributed by atoms with Crippen LogP contribution in [0, 0.1) is 5.92 Å². The van der Waals surface area contributed by atoms with Gasteiger partial charge in [0.25, 0.3) is 0 Å². The summed E-state index contributed by atoms with van der Waals surface area (Å²) in [6.45, 7) is 7.79. The molecule has 3 rings (SSSR count). The van der Waals surface area contributed by atoms with Gasteiger partial charge in [-0.3, -0.25) is 4.90 Å². The molecule has 0 aromatic carbocycles. The number of nitrogens with one attached hydrogen (secondary N) is 1. The topological polar surface area (TPSA) is 7.68 Å². The lowest BCUT2D eigenvalue weighted by Gasteiger charge is -2.45. The summed E-state index contributed by atoms with van der Waals surface area (Å²) in [4.78, 5) is 4.39. The highest BCUT2D eigenvalue weighted by atomic mass is 15.2. The Hall–Kier alpha value is -0.0800. The highest BCUT2D eigenvalue weighted by Crippen LogP contribution is 2.21. The third-order valence-electron chi connectivity index (χ3n) is 3.84. The number of nitrogens with zero attached hydrogens (tertiary/aromatic N) is 1. The summed E-state index contributed by atoms with van der Waals surface area (Å²) in [7, 11) is 2.28. The van der Waals surface area contributed by atoms with E-state index >= 15 is 0 Å². The van der Waals surface area contributed by atoms with Crippen molar-refractivity contribution in [2.45, 2.75) is 25.8 Å². The van der Waals surface area contributed by atoms with Gasteiger partial charge in [0.1, 0.15) is 0 Å². The summed E-state index contributed by atoms with van der Waals surface area (Å²) < 4.78 is 0. The minimum absolute atomic E-state index is 0.896. The molecule has 1 atom stereocenters. The van der Waals surface area contributed by atoms with Crippen molar-refractivity contribution in [3.05, 3.63) is 0 Å². The van der Waals surface area contributed by atoms with Gasteiger partial charge in [0.15, 0.2) is 0 Å². The van der Waals surface area contributed by atoms with Crippen molar-refractivity contribution in [3.63, 3.8) is 0 Å². The summed E-state index contributed by atoms with van der Waals surface area (Å²) in [5.74, 6) is 1.02. The summed E-state index contributed by atoms with van der Waals surface area (Å²) >= 11 is 0. The summed E-state index contributed by atoms with van der Waals surface area (Å²) in [5.41, 5.74) is 0. The molecule has 3 heterocycles. The van der Waals surface area contributed by atoms with Crippen molar-refractivity contribution < 1.29 is 4.90 Å². The highest BCUT2D eigenvalue weighted by Gasteiger charge is 2.38. The minimum Gasteiger partial charge on any atom is -0.334 e. The fraction of sp³-hybridized carbons (Fsp3) is 1.00. The third kappa shape index (κ3) is 1.38. The molecule has 3 aliphatic rings. The third-order valence-corrected chi connectivity index (χ3v) is 3.84. The van der Waals surface area contributed by atoms with Gasteiger partial charge in [-0.25, -0.2) is 0 Å². The second-order valence-corrected chi connectivity index (χ2v) is 4.43. The molecule has 0 saturated carbocycles. The van der Waals surface area contributed by atoms with Crippen molar-refractivity contribution >= 4 is 0 Å². The Morgan fingerprint density at radius 3 is 2.42 bits per heavy atom. The number of fused-ring (bicyclic) bond motifs is 3. The monoisotopic (exact) mass is 169 g/mol. The van der Waals surface area contributed by atoms with Crippen molar-refractivity contribution in [1.82, 2.24) is 4.90 Å². The van der Waals surface area contributed by atoms with Gasteiger partial charge in [-0.2, -0.15) is 0 Å². The first kappa shape index (κ1) is 8.52. The zero-order valence-electron chi connectivity index (χ0n) is 8.34. The fourth-order valence-corrected chi connectivity index (χ4v) is 2.85. The van der Waals surface area contributed by atoms with E-state index in [4.69, 9.17) is 0 Å². The number of quaternary nitrogens is 1. The maximum Gasteiger partial charge on any atom is 0.0931 e. The lowest BCUT2D eigenvalue weighted by atomic mass is 9.83. The van der Waals surface area contributed by atoms with E-state index < -0.39 is 0 Å². The molecule has 0 amide bonds. The van der Waals surface area contributed by atoms with E-state index in [2.05, 4.69) is 18.9 Å². The standard InChI is InChI=1S/C10H20N2/c1-3-11(2)10-8-12-6-4-9(10)5-7-12/h9-10H,3-8H2,1-2H3/p+1. The van der Waals surface area contributed by atoms with Gasteiger partial charge in [0.05, 0.1) is 25.7 Å². The van der Waals surface area contributed by atoms with Crippen LogP contribution in [0.25, 0.3) is 0 Å². The first-order valence-corrected chi connectivity index (χ1v) is 5.35. The number of piperidine rings is 3. The lowest BCUT2D eigenvalue weighted by molar-refractivity contribution is -0.919. The molecular formula is C10H21N2+. The van der Waals surface area contributed by atoms with Gasteiger partial charge in [-0.1, -0.05) is 6.92 Å². The van der Waals surface area contributed by atoms with Crippen LogP contribution in [0.3, 0.4) is 0 Å². The number of likely N-dealkylation sites (N-methyl/N-ethyl adjacent to an activating group) is 1. The Morgan fingerprint density at radius 1 is 1.33 bits per heavy atom. The van der Waals surface area contributed by atoms with Crippen molar-refractivity contribution in [1.29, 1.82) is 0 Å². The quantitative estimate of drug-likeness (QED) is 0.592. The van der Waals surface area contributed by atoms with Crippen LogP contribution in [-0.2, 0) is 0 Å². The van der Waals surface area contributed by atoms with Gasteiger partial charge in [0, 0.05) is 12.8 Å². The smallest absolute Gasteiger partial charge is 0.0931 e. The summed E-state index contributed by atoms with van der Waals surface area (Å²) in [6.07, 6.45) is 2.95. The molecule has 3 saturated heterocycles. The molecule has 0 radical (unpaired) electrons. The molecule has 1 N–H and O–H groups in total. The van der Waals surface area contributed by atoms with Crippen LogP contribution in [0.5, 0.6) is 0 Å². The predicted octanol–water partition coefficient (Wildman–Crippen LogP) is -0.385. The van der Waals surface area contributed by atoms with Gasteiger partial charge in [0.2, 0.25) is 0 Å². The maximum atomic E-state index is 2.54. The van der Waals surface area contributed by atoms with Crippen LogP contribution >= 0.6 is 0 Å². The molecule has 70 valence electrons. The average molecular weight is 169 g/mol. The van der Waals surface area contributed by atoms with Gasteiger partial charge in [-0.15, -0.1) is 0 Å². The van der Waals surface area contributed by atoms with Gasteiger partial charge in [-0.05, 0) is 19.5 Å². The van der Waals surface area contributed by atoms with E-state index in [-0.39, 0.29) is 0 Å². The van der Waals surface area contributed by atoms with E-state index in [1.165, 1.54) is 39.0 Å². The summed E-state index contributed by atoms with van der Waals surface area (Å²) in [6, 6.07) is 0.896. The number of hydrogen-bond acceptors (Lipinski definition) is 1. The zero-order chi connectivity index (χ0) is 8.55. The Labute approximate surface area is 75.5 Å². The molecule has 0 spiro atoms. The molecule has 12 heavy (non-hydrogen) atoms. The number of hydrogen-bond donors (Lipinski definition) is 1. The molecule has 2 nitrogen and oxygen atoms in total. The van der Waals surface area contributed by atoms with Crippen LogP contribution in [-0.4, -0.2) is 44.2 Å². The van der Waals surface area contributed by atoms with Crippen LogP contribution in [0.1, 0.15) is 19.8 Å². The van der Waals surface area contributed by atoms with Crippen LogP contribution in [0.15, 0.2) is 0 Å².